The topological polar surface area (TPSA) is 72.7 Å². The summed E-state index contributed by atoms with van der Waals surface area (Å²) < 4.78 is 15.5. The van der Waals surface area contributed by atoms with Crippen LogP contribution >= 0.6 is 0 Å². The molecule has 0 aromatic carbocycles. The predicted molar refractivity (Wildman–Crippen MR) is 106 cm³/mol. The summed E-state index contributed by atoms with van der Waals surface area (Å²) in [7, 11) is 1.89. The van der Waals surface area contributed by atoms with Gasteiger partial charge in [-0.2, -0.15) is 4.39 Å². The number of carbonyl (C=O) groups excluding carboxylic acids is 1. The molecule has 0 saturated carbocycles. The molecule has 0 aliphatic heterocycles. The number of carbonyl (C=O) groups is 1. The molecule has 0 saturated heterocycles. The molecule has 4 rings (SSSR count). The van der Waals surface area contributed by atoms with Gasteiger partial charge in [-0.25, -0.2) is 9.97 Å². The van der Waals surface area contributed by atoms with Crippen LogP contribution < -0.4 is 5.32 Å². The molecular weight excluding hydrogens is 357 g/mol. The maximum Gasteiger partial charge on any atom is 0.247 e. The molecule has 7 heteroatoms. The van der Waals surface area contributed by atoms with Crippen LogP contribution in [-0.4, -0.2) is 25.4 Å². The third-order valence-corrected chi connectivity index (χ3v) is 4.38. The summed E-state index contributed by atoms with van der Waals surface area (Å²) in [5.41, 5.74) is 4.55. The first-order valence-electron chi connectivity index (χ1n) is 8.51. The van der Waals surface area contributed by atoms with Crippen molar-refractivity contribution >= 4 is 22.6 Å². The fraction of sp³-hybridized carbons (Fsp3) is 0.0476. The van der Waals surface area contributed by atoms with Crippen molar-refractivity contribution in [2.45, 2.75) is 0 Å². The molecule has 0 atom stereocenters. The zero-order chi connectivity index (χ0) is 19.7. The van der Waals surface area contributed by atoms with Crippen LogP contribution in [0, 0.1) is 5.95 Å². The highest BCUT2D eigenvalue weighted by Crippen LogP contribution is 2.32. The third kappa shape index (κ3) is 3.25. The number of nitrogens with one attached hydrogen (secondary N) is 1. The predicted octanol–water partition coefficient (Wildman–Crippen LogP) is 3.96. The Hall–Kier alpha value is -3.87. The van der Waals surface area contributed by atoms with Crippen molar-refractivity contribution in [1.82, 2.24) is 19.5 Å². The Labute approximate surface area is 160 Å². The third-order valence-electron chi connectivity index (χ3n) is 4.38. The van der Waals surface area contributed by atoms with Crippen LogP contribution in [0.25, 0.3) is 33.3 Å². The van der Waals surface area contributed by atoms with Gasteiger partial charge in [0, 0.05) is 60.0 Å². The van der Waals surface area contributed by atoms with Gasteiger partial charge >= 0.3 is 0 Å². The fourth-order valence-electron chi connectivity index (χ4n) is 3.08. The summed E-state index contributed by atoms with van der Waals surface area (Å²) >= 11 is 0. The fourth-order valence-corrected chi connectivity index (χ4v) is 3.08. The van der Waals surface area contributed by atoms with Crippen LogP contribution in [0.2, 0.25) is 0 Å². The van der Waals surface area contributed by atoms with Gasteiger partial charge in [0.2, 0.25) is 11.9 Å². The van der Waals surface area contributed by atoms with E-state index in [1.807, 2.05) is 29.9 Å². The van der Waals surface area contributed by atoms with Gasteiger partial charge < -0.3 is 9.88 Å². The van der Waals surface area contributed by atoms with Crippen LogP contribution in [-0.2, 0) is 11.8 Å². The molecule has 1 amide bonds. The Morgan fingerprint density at radius 2 is 1.96 bits per heavy atom. The Kier molecular flexibility index (Phi) is 4.41. The Bertz CT molecular complexity index is 1210. The van der Waals surface area contributed by atoms with Crippen molar-refractivity contribution in [3.05, 3.63) is 73.9 Å². The Balaban J connectivity index is 1.82. The highest BCUT2D eigenvalue weighted by atomic mass is 19.1. The number of nitrogens with zero attached hydrogens (tertiary/aromatic N) is 4. The van der Waals surface area contributed by atoms with E-state index in [9.17, 15) is 9.18 Å². The quantitative estimate of drug-likeness (QED) is 0.434. The summed E-state index contributed by atoms with van der Waals surface area (Å²) in [5, 5.41) is 3.57. The summed E-state index contributed by atoms with van der Waals surface area (Å²) in [6.45, 7) is 3.44. The highest BCUT2D eigenvalue weighted by Gasteiger charge is 2.13. The van der Waals surface area contributed by atoms with E-state index >= 15 is 0 Å². The number of anilines is 1. The van der Waals surface area contributed by atoms with E-state index < -0.39 is 5.95 Å². The summed E-state index contributed by atoms with van der Waals surface area (Å²) in [5.74, 6) is -0.842. The van der Waals surface area contributed by atoms with Crippen LogP contribution in [0.4, 0.5) is 10.1 Å². The number of halogens is 1. The SMILES string of the molecule is C=CC(=O)Nc1cncc(-c2cnc3c(c2)c(-c2ccnc(F)c2)cn3C)c1. The second-order valence-corrected chi connectivity index (χ2v) is 6.27. The normalized spacial score (nSPS) is 10.8. The van der Waals surface area contributed by atoms with Gasteiger partial charge in [0.1, 0.15) is 5.65 Å². The van der Waals surface area contributed by atoms with E-state index in [-0.39, 0.29) is 5.91 Å². The van der Waals surface area contributed by atoms with Gasteiger partial charge in [-0.3, -0.25) is 9.78 Å². The molecule has 138 valence electrons. The van der Waals surface area contributed by atoms with E-state index in [2.05, 4.69) is 26.8 Å². The van der Waals surface area contributed by atoms with E-state index in [0.29, 0.717) is 5.69 Å². The molecule has 0 radical (unpaired) electrons. The summed E-state index contributed by atoms with van der Waals surface area (Å²) in [6, 6.07) is 6.95. The molecule has 4 aromatic heterocycles. The molecule has 0 aliphatic carbocycles. The maximum absolute atomic E-state index is 13.6. The van der Waals surface area contributed by atoms with Crippen LogP contribution in [0.1, 0.15) is 0 Å². The summed E-state index contributed by atoms with van der Waals surface area (Å²) in [6.07, 6.45) is 9.55. The van der Waals surface area contributed by atoms with Gasteiger partial charge in [-0.05, 0) is 29.8 Å². The lowest BCUT2D eigenvalue weighted by atomic mass is 10.0. The number of aromatic nitrogens is 4. The molecule has 0 bridgehead atoms. The first-order valence-corrected chi connectivity index (χ1v) is 8.51. The first-order chi connectivity index (χ1) is 13.5. The molecule has 1 N–H and O–H groups in total. The number of fused-ring (bicyclic) bond motifs is 1. The van der Waals surface area contributed by atoms with E-state index in [1.54, 1.807) is 24.7 Å². The number of aryl methyl sites for hydroxylation is 1. The number of amides is 1. The number of hydrogen-bond acceptors (Lipinski definition) is 4. The standard InChI is InChI=1S/C21H16FN5O/c1-3-20(28)26-16-6-14(9-23-11-16)15-7-17-18(12-27(2)21(17)25-10-15)13-4-5-24-19(22)8-13/h3-12H,1H2,2H3,(H,26,28). The minimum atomic E-state index is -0.534. The van der Waals surface area contributed by atoms with Crippen LogP contribution in [0.5, 0.6) is 0 Å². The summed E-state index contributed by atoms with van der Waals surface area (Å²) in [4.78, 5) is 23.9. The lowest BCUT2D eigenvalue weighted by Crippen LogP contribution is -2.07. The number of pyridine rings is 3. The first kappa shape index (κ1) is 17.5. The minimum Gasteiger partial charge on any atom is -0.335 e. The van der Waals surface area contributed by atoms with E-state index in [0.717, 1.165) is 33.3 Å². The van der Waals surface area contributed by atoms with E-state index in [1.165, 1.54) is 18.3 Å². The number of hydrogen-bond donors (Lipinski definition) is 1. The Morgan fingerprint density at radius 1 is 1.14 bits per heavy atom. The van der Waals surface area contributed by atoms with Crippen molar-refractivity contribution in [3.63, 3.8) is 0 Å². The van der Waals surface area contributed by atoms with Crippen molar-refractivity contribution in [2.75, 3.05) is 5.32 Å². The minimum absolute atomic E-state index is 0.308. The monoisotopic (exact) mass is 373 g/mol. The smallest absolute Gasteiger partial charge is 0.247 e. The van der Waals surface area contributed by atoms with Crippen LogP contribution in [0.3, 0.4) is 0 Å². The van der Waals surface area contributed by atoms with E-state index in [4.69, 9.17) is 0 Å². The van der Waals surface area contributed by atoms with Gasteiger partial charge in [0.25, 0.3) is 0 Å². The van der Waals surface area contributed by atoms with Crippen molar-refractivity contribution in [3.8, 4) is 22.3 Å². The molecule has 0 fully saturated rings. The average molecular weight is 373 g/mol. The van der Waals surface area contributed by atoms with Crippen molar-refractivity contribution < 1.29 is 9.18 Å². The second-order valence-electron chi connectivity index (χ2n) is 6.27. The number of rotatable bonds is 4. The van der Waals surface area contributed by atoms with Crippen molar-refractivity contribution in [1.29, 1.82) is 0 Å². The van der Waals surface area contributed by atoms with Gasteiger partial charge in [-0.15, -0.1) is 0 Å². The zero-order valence-electron chi connectivity index (χ0n) is 15.1. The molecule has 4 aromatic rings. The largest absolute Gasteiger partial charge is 0.335 e. The molecule has 0 aliphatic rings. The molecule has 28 heavy (non-hydrogen) atoms. The lowest BCUT2D eigenvalue weighted by molar-refractivity contribution is -0.111. The van der Waals surface area contributed by atoms with Crippen molar-refractivity contribution in [2.24, 2.45) is 7.05 Å². The maximum atomic E-state index is 13.6. The van der Waals surface area contributed by atoms with Gasteiger partial charge in [0.05, 0.1) is 11.9 Å². The molecular formula is C21H16FN5O. The molecule has 0 spiro atoms. The average Bonchev–Trinajstić information content (AvgIpc) is 3.04. The Morgan fingerprint density at radius 3 is 2.75 bits per heavy atom. The molecule has 4 heterocycles. The lowest BCUT2D eigenvalue weighted by Gasteiger charge is -2.06. The van der Waals surface area contributed by atoms with Gasteiger partial charge in [-0.1, -0.05) is 6.58 Å². The second kappa shape index (κ2) is 7.03. The molecule has 0 unspecified atom stereocenters. The highest BCUT2D eigenvalue weighted by molar-refractivity contribution is 5.99. The van der Waals surface area contributed by atoms with Crippen LogP contribution in [0.15, 0.2) is 67.9 Å². The zero-order valence-corrected chi connectivity index (χ0v) is 15.1. The van der Waals surface area contributed by atoms with Gasteiger partial charge in [0.15, 0.2) is 0 Å². The molecule has 6 nitrogen and oxygen atoms in total.